The Morgan fingerprint density at radius 3 is 1.35 bits per heavy atom. The minimum Gasteiger partial charge on any atom is -0.0651 e. The predicted molar refractivity (Wildman–Crippen MR) is 108 cm³/mol. The van der Waals surface area contributed by atoms with Gasteiger partial charge in [0.05, 0.1) is 0 Å². The monoisotopic (exact) mass is 324 g/mol. The van der Waals surface area contributed by atoms with Crippen LogP contribution in [-0.2, 0) is 0 Å². The largest absolute Gasteiger partial charge is 0.0651 e. The molecule has 0 saturated carbocycles. The molecule has 0 aliphatic carbocycles. The Morgan fingerprint density at radius 2 is 1.04 bits per heavy atom. The average Bonchev–Trinajstić information content (AvgIpc) is 2.33. The van der Waals surface area contributed by atoms with Crippen molar-refractivity contribution in [2.24, 2.45) is 38.9 Å². The second kappa shape index (κ2) is 6.72. The Morgan fingerprint density at radius 1 is 0.652 bits per heavy atom. The van der Waals surface area contributed by atoms with Crippen LogP contribution in [0, 0.1) is 38.9 Å². The van der Waals surface area contributed by atoms with E-state index in [2.05, 4.69) is 96.9 Å². The Labute approximate surface area is 149 Å². The maximum absolute atomic E-state index is 2.51. The molecule has 2 unspecified atom stereocenters. The van der Waals surface area contributed by atoms with Crippen molar-refractivity contribution in [2.75, 3.05) is 0 Å². The van der Waals surface area contributed by atoms with Crippen molar-refractivity contribution in [3.63, 3.8) is 0 Å². The van der Waals surface area contributed by atoms with Gasteiger partial charge in [0.2, 0.25) is 0 Å². The van der Waals surface area contributed by atoms with E-state index in [0.29, 0.717) is 27.6 Å². The minimum absolute atomic E-state index is 0.286. The molecule has 0 nitrogen and oxygen atoms in total. The van der Waals surface area contributed by atoms with Crippen molar-refractivity contribution >= 4 is 0 Å². The van der Waals surface area contributed by atoms with E-state index < -0.39 is 0 Å². The molecule has 23 heavy (non-hydrogen) atoms. The maximum Gasteiger partial charge on any atom is -0.0272 e. The highest BCUT2D eigenvalue weighted by Crippen LogP contribution is 2.59. The summed E-state index contributed by atoms with van der Waals surface area (Å²) in [5.41, 5.74) is 1.60. The third-order valence-electron chi connectivity index (χ3n) is 8.69. The van der Waals surface area contributed by atoms with Gasteiger partial charge in [-0.1, -0.05) is 103 Å². The van der Waals surface area contributed by atoms with E-state index >= 15 is 0 Å². The van der Waals surface area contributed by atoms with Crippen molar-refractivity contribution < 1.29 is 0 Å². The zero-order valence-electron chi connectivity index (χ0n) is 19.1. The third-order valence-corrected chi connectivity index (χ3v) is 8.69. The third kappa shape index (κ3) is 4.55. The topological polar surface area (TPSA) is 0 Å². The van der Waals surface area contributed by atoms with Crippen LogP contribution in [0.5, 0.6) is 0 Å². The molecule has 0 heteroatoms. The lowest BCUT2D eigenvalue weighted by Crippen LogP contribution is -2.50. The molecule has 0 fully saturated rings. The first-order valence-electron chi connectivity index (χ1n) is 9.84. The summed E-state index contributed by atoms with van der Waals surface area (Å²) < 4.78 is 0. The molecular weight excluding hydrogens is 276 g/mol. The van der Waals surface area contributed by atoms with Crippen molar-refractivity contribution in [2.45, 2.75) is 110 Å². The lowest BCUT2D eigenvalue weighted by atomic mass is 9.48. The summed E-state index contributed by atoms with van der Waals surface area (Å²) in [6.07, 6.45) is 2.55. The fourth-order valence-corrected chi connectivity index (χ4v) is 4.23. The molecule has 0 bridgehead atoms. The molecule has 0 radical (unpaired) electrons. The van der Waals surface area contributed by atoms with Crippen LogP contribution in [0.3, 0.4) is 0 Å². The molecule has 0 aromatic carbocycles. The first-order valence-corrected chi connectivity index (χ1v) is 9.84. The molecule has 0 aliphatic rings. The fourth-order valence-electron chi connectivity index (χ4n) is 4.23. The molecule has 0 saturated heterocycles. The van der Waals surface area contributed by atoms with E-state index in [0.717, 1.165) is 5.92 Å². The zero-order chi connectivity index (χ0) is 19.1. The van der Waals surface area contributed by atoms with Crippen LogP contribution in [0.1, 0.15) is 110 Å². The van der Waals surface area contributed by atoms with Gasteiger partial charge in [0.25, 0.3) is 0 Å². The summed E-state index contributed by atoms with van der Waals surface area (Å²) >= 11 is 0. The van der Waals surface area contributed by atoms with Crippen LogP contribution < -0.4 is 0 Å². The predicted octanol–water partition coefficient (Wildman–Crippen LogP) is 8.21. The maximum atomic E-state index is 2.51. The number of rotatable bonds is 7. The summed E-state index contributed by atoms with van der Waals surface area (Å²) in [5.74, 6) is 1.42. The van der Waals surface area contributed by atoms with Crippen LogP contribution in [0.2, 0.25) is 0 Å². The first kappa shape index (κ1) is 23.0. The van der Waals surface area contributed by atoms with E-state index in [4.69, 9.17) is 0 Å². The first-order chi connectivity index (χ1) is 9.84. The molecule has 0 aromatic rings. The zero-order valence-corrected chi connectivity index (χ0v) is 19.1. The summed E-state index contributed by atoms with van der Waals surface area (Å²) in [7, 11) is 0. The standard InChI is InChI=1S/C23H48/c1-15-17(2)20(7,8)16-21(9,10)23(13,14)18(3)22(11,12)19(4,5)6/h17-18H,15-16H2,1-14H3. The molecule has 0 rings (SSSR count). The Bertz CT molecular complexity index is 373. The molecule has 0 amide bonds. The van der Waals surface area contributed by atoms with E-state index in [1.807, 2.05) is 0 Å². The van der Waals surface area contributed by atoms with E-state index in [-0.39, 0.29) is 5.41 Å². The van der Waals surface area contributed by atoms with Gasteiger partial charge in [0, 0.05) is 0 Å². The highest BCUT2D eigenvalue weighted by molar-refractivity contribution is 5.00. The Balaban J connectivity index is 5.63. The van der Waals surface area contributed by atoms with E-state index in [9.17, 15) is 0 Å². The lowest BCUT2D eigenvalue weighted by Gasteiger charge is -2.57. The quantitative estimate of drug-likeness (QED) is 0.442. The SMILES string of the molecule is CCC(C)C(C)(C)CC(C)(C)C(C)(C)C(C)C(C)(C)C(C)(C)C. The highest BCUT2D eigenvalue weighted by atomic mass is 14.6. The van der Waals surface area contributed by atoms with Crippen molar-refractivity contribution in [3.8, 4) is 0 Å². The summed E-state index contributed by atoms with van der Waals surface area (Å²) in [6.45, 7) is 34.3. The molecule has 0 spiro atoms. The average molecular weight is 325 g/mol. The molecule has 2 atom stereocenters. The fraction of sp³-hybridized carbons (Fsp3) is 1.00. The van der Waals surface area contributed by atoms with E-state index in [1.54, 1.807) is 0 Å². The van der Waals surface area contributed by atoms with Crippen LogP contribution in [-0.4, -0.2) is 0 Å². The van der Waals surface area contributed by atoms with Crippen molar-refractivity contribution in [1.82, 2.24) is 0 Å². The van der Waals surface area contributed by atoms with Gasteiger partial charge >= 0.3 is 0 Å². The van der Waals surface area contributed by atoms with Gasteiger partial charge in [0.1, 0.15) is 0 Å². The Kier molecular flexibility index (Phi) is 6.72. The van der Waals surface area contributed by atoms with Crippen LogP contribution >= 0.6 is 0 Å². The summed E-state index contributed by atoms with van der Waals surface area (Å²) in [5, 5.41) is 0. The summed E-state index contributed by atoms with van der Waals surface area (Å²) in [4.78, 5) is 0. The van der Waals surface area contributed by atoms with Gasteiger partial charge < -0.3 is 0 Å². The second-order valence-electron chi connectivity index (χ2n) is 11.8. The molecular formula is C23H48. The lowest BCUT2D eigenvalue weighted by molar-refractivity contribution is -0.0818. The summed E-state index contributed by atoms with van der Waals surface area (Å²) in [6, 6.07) is 0. The smallest absolute Gasteiger partial charge is 0.0272 e. The molecule has 0 heterocycles. The number of hydrogen-bond donors (Lipinski definition) is 0. The normalized spacial score (nSPS) is 18.0. The van der Waals surface area contributed by atoms with Gasteiger partial charge in [0.15, 0.2) is 0 Å². The number of hydrogen-bond acceptors (Lipinski definition) is 0. The molecule has 0 N–H and O–H groups in total. The van der Waals surface area contributed by atoms with Gasteiger partial charge in [-0.3, -0.25) is 0 Å². The van der Waals surface area contributed by atoms with Crippen LogP contribution in [0.4, 0.5) is 0 Å². The van der Waals surface area contributed by atoms with Gasteiger partial charge in [-0.15, -0.1) is 0 Å². The van der Waals surface area contributed by atoms with E-state index in [1.165, 1.54) is 12.8 Å². The molecule has 0 aliphatic heterocycles. The van der Waals surface area contributed by atoms with Gasteiger partial charge in [-0.25, -0.2) is 0 Å². The second-order valence-corrected chi connectivity index (χ2v) is 11.8. The van der Waals surface area contributed by atoms with Crippen LogP contribution in [0.25, 0.3) is 0 Å². The van der Waals surface area contributed by atoms with Gasteiger partial charge in [-0.2, -0.15) is 0 Å². The van der Waals surface area contributed by atoms with Crippen LogP contribution in [0.15, 0.2) is 0 Å². The Hall–Kier alpha value is 0. The molecule has 0 aromatic heterocycles. The molecule has 140 valence electrons. The van der Waals surface area contributed by atoms with Gasteiger partial charge in [-0.05, 0) is 45.3 Å². The van der Waals surface area contributed by atoms with Crippen molar-refractivity contribution in [3.05, 3.63) is 0 Å². The van der Waals surface area contributed by atoms with Crippen molar-refractivity contribution in [1.29, 1.82) is 0 Å². The minimum atomic E-state index is 0.286. The highest BCUT2D eigenvalue weighted by Gasteiger charge is 2.51.